The van der Waals surface area contributed by atoms with Crippen LogP contribution < -0.4 is 4.57 Å². The van der Waals surface area contributed by atoms with Crippen LogP contribution >= 0.6 is 0 Å². The van der Waals surface area contributed by atoms with Crippen LogP contribution in [0.5, 0.6) is 0 Å². The van der Waals surface area contributed by atoms with Gasteiger partial charge >= 0.3 is 0 Å². The highest BCUT2D eigenvalue weighted by Gasteiger charge is 2.24. The molecule has 0 fully saturated rings. The molecule has 4 rings (SSSR count). The Morgan fingerprint density at radius 2 is 1.81 bits per heavy atom. The smallest absolute Gasteiger partial charge is 0.212 e. The highest BCUT2D eigenvalue weighted by molar-refractivity contribution is 5.80. The Morgan fingerprint density at radius 3 is 2.67 bits per heavy atom. The molecule has 3 aromatic rings. The molecule has 21 heavy (non-hydrogen) atoms. The van der Waals surface area contributed by atoms with E-state index in [2.05, 4.69) is 66.1 Å². The SMILES string of the molecule is Cc1c(-c2cccc[n+]2C)ccc2c1Cc1ncccc1-2. The van der Waals surface area contributed by atoms with E-state index in [1.54, 1.807) is 0 Å². The van der Waals surface area contributed by atoms with Crippen molar-refractivity contribution in [1.82, 2.24) is 4.98 Å². The van der Waals surface area contributed by atoms with Gasteiger partial charge in [-0.3, -0.25) is 4.98 Å². The van der Waals surface area contributed by atoms with Crippen molar-refractivity contribution in [3.8, 4) is 22.4 Å². The molecule has 0 saturated heterocycles. The lowest BCUT2D eigenvalue weighted by molar-refractivity contribution is -0.660. The molecule has 0 atom stereocenters. The van der Waals surface area contributed by atoms with E-state index in [-0.39, 0.29) is 0 Å². The van der Waals surface area contributed by atoms with Crippen LogP contribution in [0.3, 0.4) is 0 Å². The molecular formula is C19H17N2+. The molecule has 0 bridgehead atoms. The third-order valence-electron chi connectivity index (χ3n) is 4.45. The van der Waals surface area contributed by atoms with Gasteiger partial charge in [0.2, 0.25) is 5.69 Å². The summed E-state index contributed by atoms with van der Waals surface area (Å²) >= 11 is 0. The van der Waals surface area contributed by atoms with Crippen molar-refractivity contribution in [2.45, 2.75) is 13.3 Å². The second-order valence-electron chi connectivity index (χ2n) is 5.64. The van der Waals surface area contributed by atoms with Crippen molar-refractivity contribution in [3.63, 3.8) is 0 Å². The van der Waals surface area contributed by atoms with Crippen LogP contribution in [0.25, 0.3) is 22.4 Å². The van der Waals surface area contributed by atoms with Crippen molar-refractivity contribution in [1.29, 1.82) is 0 Å². The molecule has 2 heterocycles. The molecule has 0 spiro atoms. The normalized spacial score (nSPS) is 12.1. The first-order chi connectivity index (χ1) is 10.3. The Bertz CT molecular complexity index is 850. The van der Waals surface area contributed by atoms with Crippen LogP contribution in [0.2, 0.25) is 0 Å². The van der Waals surface area contributed by atoms with E-state index < -0.39 is 0 Å². The average molecular weight is 273 g/mol. The van der Waals surface area contributed by atoms with E-state index in [9.17, 15) is 0 Å². The van der Waals surface area contributed by atoms with Gasteiger partial charge in [-0.05, 0) is 41.8 Å². The zero-order valence-electron chi connectivity index (χ0n) is 12.3. The van der Waals surface area contributed by atoms with Crippen molar-refractivity contribution in [3.05, 3.63) is 71.7 Å². The fourth-order valence-corrected chi connectivity index (χ4v) is 3.31. The minimum absolute atomic E-state index is 0.946. The maximum atomic E-state index is 4.53. The molecule has 1 aliphatic rings. The molecular weight excluding hydrogens is 256 g/mol. The number of benzene rings is 1. The van der Waals surface area contributed by atoms with Crippen molar-refractivity contribution in [2.24, 2.45) is 7.05 Å². The predicted octanol–water partition coefficient (Wildman–Crippen LogP) is 3.45. The van der Waals surface area contributed by atoms with Gasteiger partial charge in [0.15, 0.2) is 6.20 Å². The summed E-state index contributed by atoms with van der Waals surface area (Å²) in [5.74, 6) is 0. The standard InChI is InChI=1S/C19H17N2/c1-13-14(19-7-3-4-11-21(19)2)8-9-15-16-6-5-10-20-18(16)12-17(13)15/h3-11H,12H2,1-2H3/q+1. The molecule has 0 aliphatic heterocycles. The summed E-state index contributed by atoms with van der Waals surface area (Å²) in [6, 6.07) is 15.0. The van der Waals surface area contributed by atoms with E-state index >= 15 is 0 Å². The van der Waals surface area contributed by atoms with Gasteiger partial charge in [-0.15, -0.1) is 0 Å². The summed E-state index contributed by atoms with van der Waals surface area (Å²) < 4.78 is 2.18. The minimum Gasteiger partial charge on any atom is -0.260 e. The van der Waals surface area contributed by atoms with E-state index in [0.29, 0.717) is 0 Å². The Hall–Kier alpha value is -2.48. The van der Waals surface area contributed by atoms with Crippen molar-refractivity contribution >= 4 is 0 Å². The summed E-state index contributed by atoms with van der Waals surface area (Å²) in [4.78, 5) is 4.53. The van der Waals surface area contributed by atoms with Gasteiger partial charge in [0, 0.05) is 35.9 Å². The Balaban J connectivity index is 1.93. The topological polar surface area (TPSA) is 16.8 Å². The molecule has 0 N–H and O–H groups in total. The maximum Gasteiger partial charge on any atom is 0.212 e. The number of hydrogen-bond acceptors (Lipinski definition) is 1. The molecule has 0 saturated carbocycles. The molecule has 1 aliphatic carbocycles. The second-order valence-corrected chi connectivity index (χ2v) is 5.64. The maximum absolute atomic E-state index is 4.53. The molecule has 0 radical (unpaired) electrons. The third kappa shape index (κ3) is 1.79. The average Bonchev–Trinajstić information content (AvgIpc) is 2.89. The summed E-state index contributed by atoms with van der Waals surface area (Å²) in [5, 5.41) is 0. The molecule has 1 aromatic carbocycles. The number of pyridine rings is 2. The lowest BCUT2D eigenvalue weighted by Gasteiger charge is -2.09. The number of rotatable bonds is 1. The van der Waals surface area contributed by atoms with Gasteiger partial charge in [0.1, 0.15) is 7.05 Å². The van der Waals surface area contributed by atoms with E-state index in [1.165, 1.54) is 39.2 Å². The fourth-order valence-electron chi connectivity index (χ4n) is 3.31. The quantitative estimate of drug-likeness (QED) is 0.485. The molecule has 0 amide bonds. The highest BCUT2D eigenvalue weighted by Crippen LogP contribution is 2.39. The zero-order chi connectivity index (χ0) is 14.4. The van der Waals surface area contributed by atoms with Gasteiger partial charge in [0.25, 0.3) is 0 Å². The summed E-state index contributed by atoms with van der Waals surface area (Å²) in [6.07, 6.45) is 4.93. The lowest BCUT2D eigenvalue weighted by Crippen LogP contribution is -2.30. The van der Waals surface area contributed by atoms with Gasteiger partial charge in [0.05, 0.1) is 5.69 Å². The number of aryl methyl sites for hydroxylation is 1. The van der Waals surface area contributed by atoms with Crippen molar-refractivity contribution < 1.29 is 4.57 Å². The van der Waals surface area contributed by atoms with Gasteiger partial charge in [-0.2, -0.15) is 0 Å². The number of fused-ring (bicyclic) bond motifs is 3. The van der Waals surface area contributed by atoms with Crippen LogP contribution in [0.15, 0.2) is 54.9 Å². The minimum atomic E-state index is 0.946. The molecule has 0 unspecified atom stereocenters. The zero-order valence-corrected chi connectivity index (χ0v) is 12.3. The second kappa shape index (κ2) is 4.52. The number of hydrogen-bond donors (Lipinski definition) is 0. The fraction of sp³-hybridized carbons (Fsp3) is 0.158. The van der Waals surface area contributed by atoms with Crippen LogP contribution in [0.1, 0.15) is 16.8 Å². The first kappa shape index (κ1) is 12.3. The van der Waals surface area contributed by atoms with Crippen LogP contribution in [-0.2, 0) is 13.5 Å². The Morgan fingerprint density at radius 1 is 0.952 bits per heavy atom. The summed E-state index contributed by atoms with van der Waals surface area (Å²) in [5.41, 5.74) is 9.19. The molecule has 102 valence electrons. The lowest BCUT2D eigenvalue weighted by atomic mass is 9.95. The number of aromatic nitrogens is 2. The molecule has 2 aromatic heterocycles. The number of nitrogens with zero attached hydrogens (tertiary/aromatic N) is 2. The monoisotopic (exact) mass is 273 g/mol. The molecule has 2 heteroatoms. The molecule has 2 nitrogen and oxygen atoms in total. The highest BCUT2D eigenvalue weighted by atomic mass is 14.9. The Kier molecular flexibility index (Phi) is 2.64. The Labute approximate surface area is 124 Å². The van der Waals surface area contributed by atoms with E-state index in [1.807, 2.05) is 12.3 Å². The largest absolute Gasteiger partial charge is 0.260 e. The first-order valence-corrected chi connectivity index (χ1v) is 7.27. The van der Waals surface area contributed by atoms with Gasteiger partial charge in [-0.1, -0.05) is 12.1 Å². The third-order valence-corrected chi connectivity index (χ3v) is 4.45. The summed E-state index contributed by atoms with van der Waals surface area (Å²) in [6.45, 7) is 2.23. The van der Waals surface area contributed by atoms with Crippen LogP contribution in [-0.4, -0.2) is 4.98 Å². The van der Waals surface area contributed by atoms with Crippen LogP contribution in [0.4, 0.5) is 0 Å². The van der Waals surface area contributed by atoms with Crippen molar-refractivity contribution in [2.75, 3.05) is 0 Å². The van der Waals surface area contributed by atoms with E-state index in [4.69, 9.17) is 0 Å². The van der Waals surface area contributed by atoms with E-state index in [0.717, 1.165) is 6.42 Å². The summed E-state index contributed by atoms with van der Waals surface area (Å²) in [7, 11) is 2.10. The van der Waals surface area contributed by atoms with Gasteiger partial charge in [-0.25, -0.2) is 4.57 Å². The van der Waals surface area contributed by atoms with Gasteiger partial charge < -0.3 is 0 Å². The predicted molar refractivity (Wildman–Crippen MR) is 83.8 cm³/mol. The first-order valence-electron chi connectivity index (χ1n) is 7.27. The van der Waals surface area contributed by atoms with Crippen LogP contribution in [0, 0.1) is 6.92 Å².